The Kier molecular flexibility index (Phi) is 2.26. The highest BCUT2D eigenvalue weighted by Gasteiger charge is 2.43. The molecule has 1 aliphatic rings. The van der Waals surface area contributed by atoms with E-state index in [1.54, 1.807) is 6.07 Å². The van der Waals surface area contributed by atoms with Crippen LogP contribution in [0.3, 0.4) is 0 Å². The molecule has 1 aromatic carbocycles. The number of oxazole rings is 1. The minimum absolute atomic E-state index is 0.143. The van der Waals surface area contributed by atoms with Crippen molar-refractivity contribution < 1.29 is 9.21 Å². The molecule has 4 heteroatoms. The van der Waals surface area contributed by atoms with Gasteiger partial charge in [-0.2, -0.15) is 0 Å². The first-order valence-corrected chi connectivity index (χ1v) is 5.83. The third kappa shape index (κ3) is 1.48. The van der Waals surface area contributed by atoms with Gasteiger partial charge >= 0.3 is 0 Å². The Morgan fingerprint density at radius 3 is 2.94 bits per heavy atom. The number of rotatable bonds is 3. The fourth-order valence-electron chi connectivity index (χ4n) is 2.43. The Balaban J connectivity index is 2.00. The topological polar surface area (TPSA) is 69.1 Å². The number of nitrogens with two attached hydrogens (primary N) is 1. The number of hydrogen-bond acceptors (Lipinski definition) is 4. The Morgan fingerprint density at radius 2 is 2.29 bits per heavy atom. The van der Waals surface area contributed by atoms with Gasteiger partial charge in [0.15, 0.2) is 17.8 Å². The molecule has 0 spiro atoms. The number of nitrogens with zero attached hydrogens (tertiary/aromatic N) is 1. The summed E-state index contributed by atoms with van der Waals surface area (Å²) in [6.45, 7) is 0.431. The van der Waals surface area contributed by atoms with E-state index < -0.39 is 0 Å². The summed E-state index contributed by atoms with van der Waals surface area (Å²) in [7, 11) is 0. The second-order valence-corrected chi connectivity index (χ2v) is 4.70. The van der Waals surface area contributed by atoms with Gasteiger partial charge < -0.3 is 10.2 Å². The number of benzene rings is 1. The summed E-state index contributed by atoms with van der Waals surface area (Å²) in [5, 5.41) is 0. The molecule has 0 bridgehead atoms. The largest absolute Gasteiger partial charge is 0.443 e. The minimum atomic E-state index is -0.326. The fourth-order valence-corrected chi connectivity index (χ4v) is 2.43. The smallest absolute Gasteiger partial charge is 0.181 e. The molecule has 1 aliphatic carbocycles. The lowest BCUT2D eigenvalue weighted by molar-refractivity contribution is 0.0636. The van der Waals surface area contributed by atoms with Crippen molar-refractivity contribution in [2.45, 2.75) is 19.3 Å². The molecule has 0 saturated heterocycles. The zero-order chi connectivity index (χ0) is 11.9. The van der Waals surface area contributed by atoms with Crippen molar-refractivity contribution in [2.75, 3.05) is 6.54 Å². The molecule has 1 fully saturated rings. The number of hydrogen-bond donors (Lipinski definition) is 1. The van der Waals surface area contributed by atoms with E-state index in [-0.39, 0.29) is 11.2 Å². The van der Waals surface area contributed by atoms with Crippen molar-refractivity contribution in [3.8, 4) is 0 Å². The number of Topliss-reactive ketones (excluding diaryl/α,β-unsaturated/α-hetero) is 1. The predicted molar refractivity (Wildman–Crippen MR) is 63.7 cm³/mol. The van der Waals surface area contributed by atoms with Gasteiger partial charge in [0.2, 0.25) is 0 Å². The van der Waals surface area contributed by atoms with E-state index in [0.29, 0.717) is 17.7 Å². The standard InChI is InChI=1S/C13H14N2O2/c14-7-13(4-1-5-13)12(16)9-2-3-10-11(6-9)17-8-15-10/h2-3,6,8H,1,4-5,7,14H2. The monoisotopic (exact) mass is 230 g/mol. The van der Waals surface area contributed by atoms with E-state index in [9.17, 15) is 4.79 Å². The molecule has 2 N–H and O–H groups in total. The molecular formula is C13H14N2O2. The fraction of sp³-hybridized carbons (Fsp3) is 0.385. The molecule has 0 radical (unpaired) electrons. The Bertz CT molecular complexity index is 564. The summed E-state index contributed by atoms with van der Waals surface area (Å²) in [5.74, 6) is 0.143. The van der Waals surface area contributed by atoms with Crippen molar-refractivity contribution in [3.63, 3.8) is 0 Å². The van der Waals surface area contributed by atoms with Crippen molar-refractivity contribution in [2.24, 2.45) is 11.1 Å². The second-order valence-electron chi connectivity index (χ2n) is 4.70. The zero-order valence-corrected chi connectivity index (χ0v) is 9.48. The van der Waals surface area contributed by atoms with Crippen LogP contribution in [0, 0.1) is 5.41 Å². The van der Waals surface area contributed by atoms with Crippen LogP contribution in [0.25, 0.3) is 11.1 Å². The molecule has 88 valence electrons. The number of fused-ring (bicyclic) bond motifs is 1. The SMILES string of the molecule is NCC1(C(=O)c2ccc3ncoc3c2)CCC1. The van der Waals surface area contributed by atoms with Gasteiger partial charge in [-0.3, -0.25) is 4.79 Å². The van der Waals surface area contributed by atoms with Gasteiger partial charge in [-0.05, 0) is 31.0 Å². The van der Waals surface area contributed by atoms with E-state index in [4.69, 9.17) is 10.2 Å². The van der Waals surface area contributed by atoms with Crippen LogP contribution in [0.15, 0.2) is 29.0 Å². The third-order valence-corrected chi connectivity index (χ3v) is 3.78. The molecule has 17 heavy (non-hydrogen) atoms. The molecule has 0 aliphatic heterocycles. The van der Waals surface area contributed by atoms with Crippen molar-refractivity contribution in [3.05, 3.63) is 30.2 Å². The summed E-state index contributed by atoms with van der Waals surface area (Å²) in [5.41, 5.74) is 7.53. The summed E-state index contributed by atoms with van der Waals surface area (Å²) in [4.78, 5) is 16.4. The number of ketones is 1. The van der Waals surface area contributed by atoms with Gasteiger partial charge in [0.05, 0.1) is 0 Å². The third-order valence-electron chi connectivity index (χ3n) is 3.78. The average molecular weight is 230 g/mol. The molecule has 1 aromatic heterocycles. The van der Waals surface area contributed by atoms with Crippen LogP contribution in [0.5, 0.6) is 0 Å². The Morgan fingerprint density at radius 1 is 1.47 bits per heavy atom. The summed E-state index contributed by atoms with van der Waals surface area (Å²) < 4.78 is 5.21. The lowest BCUT2D eigenvalue weighted by Crippen LogP contribution is -2.44. The highest BCUT2D eigenvalue weighted by atomic mass is 16.3. The molecule has 3 rings (SSSR count). The first-order valence-electron chi connectivity index (χ1n) is 5.83. The van der Waals surface area contributed by atoms with Crippen LogP contribution >= 0.6 is 0 Å². The van der Waals surface area contributed by atoms with Crippen LogP contribution in [0.4, 0.5) is 0 Å². The van der Waals surface area contributed by atoms with Gasteiger partial charge in [0.1, 0.15) is 5.52 Å². The van der Waals surface area contributed by atoms with Crippen LogP contribution in [0.2, 0.25) is 0 Å². The summed E-state index contributed by atoms with van der Waals surface area (Å²) in [6.07, 6.45) is 4.28. The quantitative estimate of drug-likeness (QED) is 0.820. The number of carbonyl (C=O) groups excluding carboxylic acids is 1. The molecule has 2 aromatic rings. The van der Waals surface area contributed by atoms with Crippen LogP contribution in [0.1, 0.15) is 29.6 Å². The molecule has 4 nitrogen and oxygen atoms in total. The van der Waals surface area contributed by atoms with Crippen LogP contribution in [-0.2, 0) is 0 Å². The summed E-state index contributed by atoms with van der Waals surface area (Å²) >= 11 is 0. The van der Waals surface area contributed by atoms with E-state index in [0.717, 1.165) is 24.8 Å². The van der Waals surface area contributed by atoms with Gasteiger partial charge in [0, 0.05) is 17.5 Å². The normalized spacial score (nSPS) is 17.9. The maximum Gasteiger partial charge on any atom is 0.181 e. The predicted octanol–water partition coefficient (Wildman–Crippen LogP) is 2.14. The summed E-state index contributed by atoms with van der Waals surface area (Å²) in [6, 6.07) is 5.39. The van der Waals surface area contributed by atoms with Gasteiger partial charge in [-0.1, -0.05) is 6.42 Å². The van der Waals surface area contributed by atoms with E-state index in [2.05, 4.69) is 4.98 Å². The first kappa shape index (κ1) is 10.5. The van der Waals surface area contributed by atoms with E-state index >= 15 is 0 Å². The molecule has 1 heterocycles. The van der Waals surface area contributed by atoms with Crippen LogP contribution in [-0.4, -0.2) is 17.3 Å². The van der Waals surface area contributed by atoms with E-state index in [1.165, 1.54) is 6.39 Å². The molecule has 1 saturated carbocycles. The average Bonchev–Trinajstić information content (AvgIpc) is 2.74. The number of aromatic nitrogens is 1. The highest BCUT2D eigenvalue weighted by molar-refractivity contribution is 6.03. The van der Waals surface area contributed by atoms with Gasteiger partial charge in [-0.15, -0.1) is 0 Å². The molecule has 0 amide bonds. The molecular weight excluding hydrogens is 216 g/mol. The maximum absolute atomic E-state index is 12.4. The maximum atomic E-state index is 12.4. The lowest BCUT2D eigenvalue weighted by Gasteiger charge is -2.39. The Hall–Kier alpha value is -1.68. The van der Waals surface area contributed by atoms with Crippen LogP contribution < -0.4 is 5.73 Å². The highest BCUT2D eigenvalue weighted by Crippen LogP contribution is 2.42. The molecule has 0 atom stereocenters. The first-order chi connectivity index (χ1) is 8.25. The zero-order valence-electron chi connectivity index (χ0n) is 9.48. The second kappa shape index (κ2) is 3.67. The lowest BCUT2D eigenvalue weighted by atomic mass is 9.64. The van der Waals surface area contributed by atoms with E-state index in [1.807, 2.05) is 12.1 Å². The van der Waals surface area contributed by atoms with Gasteiger partial charge in [-0.25, -0.2) is 4.98 Å². The Labute approximate surface area is 98.8 Å². The van der Waals surface area contributed by atoms with Crippen molar-refractivity contribution >= 4 is 16.9 Å². The van der Waals surface area contributed by atoms with Crippen molar-refractivity contribution in [1.29, 1.82) is 0 Å². The van der Waals surface area contributed by atoms with Crippen molar-refractivity contribution in [1.82, 2.24) is 4.98 Å². The number of carbonyl (C=O) groups is 1. The molecule has 0 unspecified atom stereocenters. The van der Waals surface area contributed by atoms with Gasteiger partial charge in [0.25, 0.3) is 0 Å². The minimum Gasteiger partial charge on any atom is -0.443 e.